The predicted molar refractivity (Wildman–Crippen MR) is 140 cm³/mol. The second kappa shape index (κ2) is 9.40. The molecule has 8 nitrogen and oxygen atoms in total. The van der Waals surface area contributed by atoms with Crippen molar-refractivity contribution < 1.29 is 13.2 Å². The fourth-order valence-corrected chi connectivity index (χ4v) is 6.28. The third kappa shape index (κ3) is 4.25. The molecule has 4 aromatic rings. The molecular formula is C27H28N4O4S. The molecule has 9 heteroatoms. The van der Waals surface area contributed by atoms with Crippen molar-refractivity contribution in [2.24, 2.45) is 13.0 Å². The van der Waals surface area contributed by atoms with E-state index in [1.165, 1.54) is 8.99 Å². The molecule has 0 spiro atoms. The summed E-state index contributed by atoms with van der Waals surface area (Å²) in [6, 6.07) is 22.0. The number of carbonyl (C=O) groups is 1. The zero-order valence-corrected chi connectivity index (χ0v) is 21.0. The van der Waals surface area contributed by atoms with Gasteiger partial charge in [0.1, 0.15) is 5.69 Å². The number of benzene rings is 3. The van der Waals surface area contributed by atoms with Crippen molar-refractivity contribution in [1.82, 2.24) is 13.7 Å². The van der Waals surface area contributed by atoms with E-state index in [4.69, 9.17) is 0 Å². The molecule has 0 radical (unpaired) electrons. The molecule has 1 fully saturated rings. The zero-order valence-electron chi connectivity index (χ0n) is 20.2. The number of aromatic nitrogens is 2. The first-order chi connectivity index (χ1) is 17.3. The third-order valence-electron chi connectivity index (χ3n) is 6.99. The molecule has 0 unspecified atom stereocenters. The van der Waals surface area contributed by atoms with Crippen molar-refractivity contribution in [2.75, 3.05) is 18.4 Å². The molecule has 1 aromatic heterocycles. The van der Waals surface area contributed by atoms with Gasteiger partial charge in [-0.25, -0.2) is 13.1 Å². The lowest BCUT2D eigenvalue weighted by atomic mass is 9.97. The molecule has 1 N–H and O–H groups in total. The summed E-state index contributed by atoms with van der Waals surface area (Å²) < 4.78 is 31.2. The standard InChI is InChI=1S/C27H28N4O4S/c1-19-25(27(33)31(29(19)2)23-10-4-3-5-11-23)28-26(32)21-14-16-30(17-15-21)36(34,35)24-13-12-20-8-6-7-9-22(20)18-24/h3-13,18,21H,14-17H2,1-2H3,(H,28,32). The van der Waals surface area contributed by atoms with Crippen LogP contribution in [0.4, 0.5) is 5.69 Å². The number of fused-ring (bicyclic) bond motifs is 1. The topological polar surface area (TPSA) is 93.4 Å². The first-order valence-electron chi connectivity index (χ1n) is 11.9. The minimum Gasteiger partial charge on any atom is -0.320 e. The number of rotatable bonds is 5. The molecule has 0 aliphatic carbocycles. The normalized spacial score (nSPS) is 15.3. The van der Waals surface area contributed by atoms with Crippen LogP contribution in [0, 0.1) is 12.8 Å². The van der Waals surface area contributed by atoms with Gasteiger partial charge in [-0.2, -0.15) is 4.31 Å². The molecule has 1 aliphatic rings. The number of hydrogen-bond acceptors (Lipinski definition) is 4. The van der Waals surface area contributed by atoms with E-state index in [9.17, 15) is 18.0 Å². The van der Waals surface area contributed by atoms with E-state index >= 15 is 0 Å². The highest BCUT2D eigenvalue weighted by Gasteiger charge is 2.33. The minimum atomic E-state index is -3.66. The van der Waals surface area contributed by atoms with E-state index in [2.05, 4.69) is 5.32 Å². The second-order valence-electron chi connectivity index (χ2n) is 9.11. The van der Waals surface area contributed by atoms with Gasteiger partial charge in [0.15, 0.2) is 0 Å². The maximum atomic E-state index is 13.2. The summed E-state index contributed by atoms with van der Waals surface area (Å²) in [5, 5.41) is 4.67. The number of hydrogen-bond donors (Lipinski definition) is 1. The molecule has 1 amide bonds. The first-order valence-corrected chi connectivity index (χ1v) is 13.4. The molecule has 3 aromatic carbocycles. The Bertz CT molecular complexity index is 1600. The van der Waals surface area contributed by atoms with Gasteiger partial charge in [-0.15, -0.1) is 0 Å². The Balaban J connectivity index is 1.29. The Morgan fingerprint density at radius 1 is 0.917 bits per heavy atom. The summed E-state index contributed by atoms with van der Waals surface area (Å²) in [5.41, 5.74) is 1.30. The summed E-state index contributed by atoms with van der Waals surface area (Å²) in [6.45, 7) is 2.28. The molecule has 0 bridgehead atoms. The Labute approximate surface area is 209 Å². The highest BCUT2D eigenvalue weighted by Crippen LogP contribution is 2.27. The van der Waals surface area contributed by atoms with E-state index in [1.54, 1.807) is 30.8 Å². The summed E-state index contributed by atoms with van der Waals surface area (Å²) in [5.74, 6) is -0.638. The number of anilines is 1. The maximum Gasteiger partial charge on any atom is 0.295 e. The molecule has 2 heterocycles. The monoisotopic (exact) mass is 504 g/mol. The lowest BCUT2D eigenvalue weighted by Gasteiger charge is -2.30. The summed E-state index contributed by atoms with van der Waals surface area (Å²) in [7, 11) is -1.89. The van der Waals surface area contributed by atoms with E-state index in [0.29, 0.717) is 24.2 Å². The molecule has 186 valence electrons. The quantitative estimate of drug-likeness (QED) is 0.449. The number of piperidine rings is 1. The van der Waals surface area contributed by atoms with Crippen LogP contribution in [0.3, 0.4) is 0 Å². The number of nitrogens with zero attached hydrogens (tertiary/aromatic N) is 3. The molecular weight excluding hydrogens is 476 g/mol. The van der Waals surface area contributed by atoms with Crippen LogP contribution in [0.5, 0.6) is 0 Å². The zero-order chi connectivity index (χ0) is 25.4. The van der Waals surface area contributed by atoms with E-state index in [0.717, 1.165) is 10.8 Å². The second-order valence-corrected chi connectivity index (χ2v) is 11.1. The van der Waals surface area contributed by atoms with Gasteiger partial charge in [0.25, 0.3) is 5.56 Å². The smallest absolute Gasteiger partial charge is 0.295 e. The van der Waals surface area contributed by atoms with Crippen LogP contribution in [0.2, 0.25) is 0 Å². The Morgan fingerprint density at radius 2 is 1.56 bits per heavy atom. The van der Waals surface area contributed by atoms with E-state index < -0.39 is 10.0 Å². The summed E-state index contributed by atoms with van der Waals surface area (Å²) in [6.07, 6.45) is 0.773. The molecule has 0 saturated carbocycles. The average molecular weight is 505 g/mol. The molecule has 36 heavy (non-hydrogen) atoms. The van der Waals surface area contributed by atoms with Gasteiger partial charge < -0.3 is 5.32 Å². The number of amides is 1. The Kier molecular flexibility index (Phi) is 6.27. The van der Waals surface area contributed by atoms with Crippen molar-refractivity contribution in [1.29, 1.82) is 0 Å². The summed E-state index contributed by atoms with van der Waals surface area (Å²) >= 11 is 0. The van der Waals surface area contributed by atoms with Gasteiger partial charge in [-0.05, 0) is 54.8 Å². The average Bonchev–Trinajstić information content (AvgIpc) is 3.11. The maximum absolute atomic E-state index is 13.2. The molecule has 1 aliphatic heterocycles. The van der Waals surface area contributed by atoms with Crippen LogP contribution in [-0.2, 0) is 21.9 Å². The van der Waals surface area contributed by atoms with Gasteiger partial charge in [0.05, 0.1) is 16.3 Å². The van der Waals surface area contributed by atoms with Crippen molar-refractivity contribution in [2.45, 2.75) is 24.7 Å². The largest absolute Gasteiger partial charge is 0.320 e. The van der Waals surface area contributed by atoms with Crippen LogP contribution >= 0.6 is 0 Å². The highest BCUT2D eigenvalue weighted by atomic mass is 32.2. The van der Waals surface area contributed by atoms with Gasteiger partial charge in [0.2, 0.25) is 15.9 Å². The molecule has 0 atom stereocenters. The van der Waals surface area contributed by atoms with Crippen molar-refractivity contribution >= 4 is 32.4 Å². The first kappa shape index (κ1) is 24.0. The fourth-order valence-electron chi connectivity index (χ4n) is 4.77. The highest BCUT2D eigenvalue weighted by molar-refractivity contribution is 7.89. The van der Waals surface area contributed by atoms with Crippen LogP contribution in [0.25, 0.3) is 16.5 Å². The molecule has 5 rings (SSSR count). The summed E-state index contributed by atoms with van der Waals surface area (Å²) in [4.78, 5) is 26.4. The van der Waals surface area contributed by atoms with E-state index in [1.807, 2.05) is 60.7 Å². The van der Waals surface area contributed by atoms with Gasteiger partial charge in [-0.3, -0.25) is 14.3 Å². The van der Waals surface area contributed by atoms with Crippen molar-refractivity contribution in [3.8, 4) is 5.69 Å². The lowest BCUT2D eigenvalue weighted by molar-refractivity contribution is -0.120. The van der Waals surface area contributed by atoms with Crippen molar-refractivity contribution in [3.63, 3.8) is 0 Å². The Morgan fingerprint density at radius 3 is 2.25 bits per heavy atom. The number of para-hydroxylation sites is 1. The predicted octanol–water partition coefficient (Wildman–Crippen LogP) is 3.68. The SMILES string of the molecule is Cc1c(NC(=O)C2CCN(S(=O)(=O)c3ccc4ccccc4c3)CC2)c(=O)n(-c2ccccc2)n1C. The van der Waals surface area contributed by atoms with Crippen molar-refractivity contribution in [3.05, 3.63) is 88.8 Å². The van der Waals surface area contributed by atoms with Gasteiger partial charge in [-0.1, -0.05) is 48.5 Å². The number of carbonyl (C=O) groups excluding carboxylic acids is 1. The minimum absolute atomic E-state index is 0.245. The number of sulfonamides is 1. The molecule has 1 saturated heterocycles. The van der Waals surface area contributed by atoms with Crippen LogP contribution in [0.1, 0.15) is 18.5 Å². The fraction of sp³-hybridized carbons (Fsp3) is 0.259. The van der Waals surface area contributed by atoms with Crippen LogP contribution in [0.15, 0.2) is 82.5 Å². The lowest BCUT2D eigenvalue weighted by Crippen LogP contribution is -2.41. The Hall–Kier alpha value is -3.69. The van der Waals surface area contributed by atoms with Crippen LogP contribution in [-0.4, -0.2) is 41.1 Å². The number of nitrogens with one attached hydrogen (secondary N) is 1. The third-order valence-corrected chi connectivity index (χ3v) is 8.88. The van der Waals surface area contributed by atoms with Gasteiger partial charge >= 0.3 is 0 Å². The van der Waals surface area contributed by atoms with Crippen LogP contribution < -0.4 is 10.9 Å². The van der Waals surface area contributed by atoms with E-state index in [-0.39, 0.29) is 41.1 Å². The van der Waals surface area contributed by atoms with Gasteiger partial charge in [0, 0.05) is 26.1 Å².